The van der Waals surface area contributed by atoms with Crippen molar-refractivity contribution in [3.63, 3.8) is 0 Å². The molecule has 3 aromatic rings. The van der Waals surface area contributed by atoms with Crippen molar-refractivity contribution in [1.82, 2.24) is 25.0 Å². The fraction of sp³-hybridized carbons (Fsp3) is 0.286. The van der Waals surface area contributed by atoms with Gasteiger partial charge in [0.1, 0.15) is 12.4 Å². The molecule has 1 saturated carbocycles. The Bertz CT molecular complexity index is 1260. The molecule has 4 rings (SSSR count). The number of nitrogens with zero attached hydrogens (tertiary/aromatic N) is 4. The summed E-state index contributed by atoms with van der Waals surface area (Å²) >= 11 is 5.76. The maximum absolute atomic E-state index is 14.0. The first kappa shape index (κ1) is 22.5. The van der Waals surface area contributed by atoms with Crippen molar-refractivity contribution in [3.05, 3.63) is 52.6 Å². The van der Waals surface area contributed by atoms with Crippen LogP contribution in [0.15, 0.2) is 30.5 Å². The number of anilines is 1. The van der Waals surface area contributed by atoms with Crippen LogP contribution in [0.1, 0.15) is 28.9 Å². The van der Waals surface area contributed by atoms with E-state index in [2.05, 4.69) is 15.4 Å². The second kappa shape index (κ2) is 9.02. The second-order valence-corrected chi connectivity index (χ2v) is 8.16. The molecule has 2 heterocycles. The zero-order valence-electron chi connectivity index (χ0n) is 17.4. The number of rotatable bonds is 8. The van der Waals surface area contributed by atoms with E-state index in [0.29, 0.717) is 11.1 Å². The van der Waals surface area contributed by atoms with Gasteiger partial charge >= 0.3 is 0 Å². The fourth-order valence-corrected chi connectivity index (χ4v) is 3.68. The number of nitrogen functional groups attached to an aromatic ring is 1. The van der Waals surface area contributed by atoms with Gasteiger partial charge in [-0.3, -0.25) is 14.4 Å². The molecule has 0 aliphatic heterocycles. The lowest BCUT2D eigenvalue weighted by Gasteiger charge is -2.22. The Balaban J connectivity index is 1.47. The molecule has 10 nitrogen and oxygen atoms in total. The van der Waals surface area contributed by atoms with Crippen LogP contribution in [0.2, 0.25) is 5.02 Å². The summed E-state index contributed by atoms with van der Waals surface area (Å²) in [4.78, 5) is 42.9. The number of hydrogen-bond acceptors (Lipinski definition) is 6. The number of hydrogen-bond donors (Lipinski definition) is 3. The molecule has 3 amide bonds. The minimum Gasteiger partial charge on any atom is -0.397 e. The Morgan fingerprint density at radius 1 is 1.30 bits per heavy atom. The first-order chi connectivity index (χ1) is 15.7. The smallest absolute Gasteiger partial charge is 0.269 e. The lowest BCUT2D eigenvalue weighted by Crippen LogP contribution is -2.43. The van der Waals surface area contributed by atoms with Gasteiger partial charge in [-0.15, -0.1) is 0 Å². The van der Waals surface area contributed by atoms with Crippen molar-refractivity contribution in [3.8, 4) is 0 Å². The normalized spacial score (nSPS) is 13.2. The first-order valence-electron chi connectivity index (χ1n) is 10.2. The number of primary amides is 1. The summed E-state index contributed by atoms with van der Waals surface area (Å²) < 4.78 is 15.3. The highest BCUT2D eigenvalue weighted by atomic mass is 35.5. The highest BCUT2D eigenvalue weighted by Gasteiger charge is 2.34. The lowest BCUT2D eigenvalue weighted by atomic mass is 10.2. The fourth-order valence-electron chi connectivity index (χ4n) is 3.48. The molecule has 1 fully saturated rings. The van der Waals surface area contributed by atoms with Gasteiger partial charge in [-0.2, -0.15) is 5.10 Å². The van der Waals surface area contributed by atoms with Crippen molar-refractivity contribution < 1.29 is 18.8 Å². The second-order valence-electron chi connectivity index (χ2n) is 7.75. The van der Waals surface area contributed by atoms with Gasteiger partial charge in [0.2, 0.25) is 11.8 Å². The van der Waals surface area contributed by atoms with E-state index in [1.165, 1.54) is 34.0 Å². The number of carbonyl (C=O) groups excluding carboxylic acids is 3. The maximum atomic E-state index is 14.0. The average molecular weight is 474 g/mol. The highest BCUT2D eigenvalue weighted by Crippen LogP contribution is 2.27. The Kier molecular flexibility index (Phi) is 6.14. The summed E-state index contributed by atoms with van der Waals surface area (Å²) in [6.07, 6.45) is 2.92. The van der Waals surface area contributed by atoms with E-state index in [1.54, 1.807) is 6.07 Å². The van der Waals surface area contributed by atoms with Crippen LogP contribution in [0.25, 0.3) is 11.0 Å². The molecule has 5 N–H and O–H groups in total. The number of nitrogens with two attached hydrogens (primary N) is 2. The number of benzene rings is 1. The molecular formula is C21H21ClFN7O3. The number of carbonyl (C=O) groups is 3. The molecular weight excluding hydrogens is 453 g/mol. The molecule has 0 bridgehead atoms. The van der Waals surface area contributed by atoms with Crippen molar-refractivity contribution in [2.24, 2.45) is 5.73 Å². The van der Waals surface area contributed by atoms with E-state index in [4.69, 9.17) is 23.1 Å². The number of aromatic nitrogens is 3. The average Bonchev–Trinajstić information content (AvgIpc) is 3.55. The number of nitrogens with one attached hydrogen (secondary N) is 1. The Morgan fingerprint density at radius 2 is 2.06 bits per heavy atom. The largest absolute Gasteiger partial charge is 0.397 e. The summed E-state index contributed by atoms with van der Waals surface area (Å²) in [7, 11) is 0. The Hall–Kier alpha value is -3.73. The predicted octanol–water partition coefficient (Wildman–Crippen LogP) is 1.21. The standard InChI is InChI=1S/C21H21ClFN7O3/c22-15-3-1-2-11(18(15)23)7-26-16(31)9-29(13-4-5-13)17(32)10-30-21-14(6-12(24)8-27-21)19(28-30)20(25)33/h1-3,6,8,13H,4-5,7,9-10,24H2,(H2,25,33)(H,26,31). The molecule has 1 aliphatic rings. The van der Waals surface area contributed by atoms with Gasteiger partial charge < -0.3 is 21.7 Å². The van der Waals surface area contributed by atoms with Crippen molar-refractivity contribution >= 4 is 46.0 Å². The molecule has 0 radical (unpaired) electrons. The summed E-state index contributed by atoms with van der Waals surface area (Å²) in [6.45, 7) is -0.504. The predicted molar refractivity (Wildman–Crippen MR) is 118 cm³/mol. The number of amides is 3. The van der Waals surface area contributed by atoms with Gasteiger partial charge in [0.05, 0.1) is 28.8 Å². The van der Waals surface area contributed by atoms with Crippen LogP contribution in [0.5, 0.6) is 0 Å². The van der Waals surface area contributed by atoms with Crippen LogP contribution in [-0.2, 0) is 22.7 Å². The SMILES string of the molecule is NC(=O)c1nn(CC(=O)N(CC(=O)NCc2cccc(Cl)c2F)C2CC2)c2ncc(N)cc12. The summed E-state index contributed by atoms with van der Waals surface area (Å²) in [5.41, 5.74) is 11.9. The van der Waals surface area contributed by atoms with Crippen LogP contribution in [-0.4, -0.2) is 50.0 Å². The topological polar surface area (TPSA) is 149 Å². The van der Waals surface area contributed by atoms with Gasteiger partial charge in [0.25, 0.3) is 5.91 Å². The van der Waals surface area contributed by atoms with E-state index in [1.807, 2.05) is 0 Å². The van der Waals surface area contributed by atoms with Gasteiger partial charge in [-0.1, -0.05) is 23.7 Å². The van der Waals surface area contributed by atoms with Gasteiger partial charge in [0, 0.05) is 18.2 Å². The van der Waals surface area contributed by atoms with Crippen molar-refractivity contribution in [1.29, 1.82) is 0 Å². The molecule has 1 aromatic carbocycles. The van der Waals surface area contributed by atoms with Crippen LogP contribution in [0.3, 0.4) is 0 Å². The summed E-state index contributed by atoms with van der Waals surface area (Å²) in [6, 6.07) is 5.96. The number of halogens is 2. The third-order valence-electron chi connectivity index (χ3n) is 5.26. The minimum atomic E-state index is -0.773. The first-order valence-corrected chi connectivity index (χ1v) is 10.5. The third-order valence-corrected chi connectivity index (χ3v) is 5.55. The van der Waals surface area contributed by atoms with Crippen molar-refractivity contribution in [2.75, 3.05) is 12.3 Å². The number of fused-ring (bicyclic) bond motifs is 1. The van der Waals surface area contributed by atoms with Gasteiger partial charge in [-0.25, -0.2) is 14.1 Å². The lowest BCUT2D eigenvalue weighted by molar-refractivity contribution is -0.137. The quantitative estimate of drug-likeness (QED) is 0.447. The van der Waals surface area contributed by atoms with Crippen LogP contribution < -0.4 is 16.8 Å². The Morgan fingerprint density at radius 3 is 2.76 bits per heavy atom. The molecule has 0 spiro atoms. The van der Waals surface area contributed by atoms with E-state index in [0.717, 1.165) is 12.8 Å². The zero-order chi connectivity index (χ0) is 23.7. The van der Waals surface area contributed by atoms with Crippen LogP contribution in [0.4, 0.5) is 10.1 Å². The molecule has 33 heavy (non-hydrogen) atoms. The molecule has 2 aromatic heterocycles. The van der Waals surface area contributed by atoms with Crippen LogP contribution in [0, 0.1) is 5.82 Å². The summed E-state index contributed by atoms with van der Waals surface area (Å²) in [5.74, 6) is -2.19. The third kappa shape index (κ3) is 4.87. The molecule has 1 aliphatic carbocycles. The van der Waals surface area contributed by atoms with Crippen LogP contribution >= 0.6 is 11.6 Å². The Labute approximate surface area is 192 Å². The van der Waals surface area contributed by atoms with Gasteiger partial charge in [0.15, 0.2) is 11.3 Å². The minimum absolute atomic E-state index is 0.0336. The van der Waals surface area contributed by atoms with E-state index >= 15 is 0 Å². The van der Waals surface area contributed by atoms with E-state index in [9.17, 15) is 18.8 Å². The molecule has 12 heteroatoms. The molecule has 172 valence electrons. The molecule has 0 saturated heterocycles. The molecule has 0 atom stereocenters. The monoisotopic (exact) mass is 473 g/mol. The number of pyridine rings is 1. The van der Waals surface area contributed by atoms with Gasteiger partial charge in [-0.05, 0) is 25.0 Å². The summed E-state index contributed by atoms with van der Waals surface area (Å²) in [5, 5.41) is 7.05. The highest BCUT2D eigenvalue weighted by molar-refractivity contribution is 6.30. The molecule has 0 unspecified atom stereocenters. The van der Waals surface area contributed by atoms with E-state index < -0.39 is 17.6 Å². The van der Waals surface area contributed by atoms with Crippen molar-refractivity contribution in [2.45, 2.75) is 32.0 Å². The zero-order valence-corrected chi connectivity index (χ0v) is 18.2. The van der Waals surface area contributed by atoms with E-state index in [-0.39, 0.29) is 53.5 Å². The maximum Gasteiger partial charge on any atom is 0.269 e.